The molecular formula is C23H33NO3. The molecule has 0 aliphatic heterocycles. The van der Waals surface area contributed by atoms with Gasteiger partial charge in [0.25, 0.3) is 0 Å². The monoisotopic (exact) mass is 371 g/mol. The fraction of sp³-hybridized carbons (Fsp3) is 0.478. The van der Waals surface area contributed by atoms with Crippen LogP contribution in [0.1, 0.15) is 64.4 Å². The number of ether oxygens (including phenoxy) is 1. The van der Waals surface area contributed by atoms with Crippen molar-refractivity contribution in [3.05, 3.63) is 59.7 Å². The zero-order chi connectivity index (χ0) is 19.7. The van der Waals surface area contributed by atoms with E-state index in [9.17, 15) is 9.59 Å². The highest BCUT2D eigenvalue weighted by Crippen LogP contribution is 2.10. The van der Waals surface area contributed by atoms with Crippen molar-refractivity contribution in [3.63, 3.8) is 0 Å². The number of nitrogens with one attached hydrogen (secondary N) is 1. The summed E-state index contributed by atoms with van der Waals surface area (Å²) < 4.78 is 5.13. The smallest absolute Gasteiger partial charge is 0.330 e. The lowest BCUT2D eigenvalue weighted by Crippen LogP contribution is -2.22. The van der Waals surface area contributed by atoms with E-state index in [1.54, 1.807) is 6.08 Å². The number of unbranched alkanes of at least 4 members (excludes halogenated alkanes) is 4. The van der Waals surface area contributed by atoms with Gasteiger partial charge in [0, 0.05) is 12.6 Å². The highest BCUT2D eigenvalue weighted by molar-refractivity contribution is 5.84. The number of hydrogen-bond donors (Lipinski definition) is 1. The van der Waals surface area contributed by atoms with Crippen molar-refractivity contribution in [2.24, 2.45) is 0 Å². The average molecular weight is 372 g/mol. The minimum atomic E-state index is -0.354. The van der Waals surface area contributed by atoms with Crippen molar-refractivity contribution in [1.82, 2.24) is 5.32 Å². The second-order valence-corrected chi connectivity index (χ2v) is 6.57. The quantitative estimate of drug-likeness (QED) is 0.227. The highest BCUT2D eigenvalue weighted by Gasteiger charge is 2.05. The van der Waals surface area contributed by atoms with Crippen LogP contribution in [-0.4, -0.2) is 18.5 Å². The van der Waals surface area contributed by atoms with Gasteiger partial charge in [-0.2, -0.15) is 0 Å². The number of esters is 1. The van der Waals surface area contributed by atoms with E-state index in [0.29, 0.717) is 13.2 Å². The molecule has 0 saturated heterocycles. The molecular weight excluding hydrogens is 338 g/mol. The molecule has 1 N–H and O–H groups in total. The molecule has 1 aromatic rings. The number of rotatable bonds is 13. The summed E-state index contributed by atoms with van der Waals surface area (Å²) in [5.74, 6) is -0.405. The van der Waals surface area contributed by atoms with Gasteiger partial charge in [-0.05, 0) is 30.4 Å². The molecule has 0 heterocycles. The van der Waals surface area contributed by atoms with Gasteiger partial charge < -0.3 is 10.1 Å². The third-order valence-electron chi connectivity index (χ3n) is 4.09. The summed E-state index contributed by atoms with van der Waals surface area (Å²) in [5.41, 5.74) is 1.92. The molecule has 0 fully saturated rings. The zero-order valence-electron chi connectivity index (χ0n) is 16.7. The number of hydrogen-bond acceptors (Lipinski definition) is 3. The van der Waals surface area contributed by atoms with E-state index in [2.05, 4.69) is 19.2 Å². The third-order valence-corrected chi connectivity index (χ3v) is 4.09. The van der Waals surface area contributed by atoms with Gasteiger partial charge in [-0.3, -0.25) is 4.79 Å². The molecule has 0 aliphatic rings. The Bertz CT molecular complexity index is 605. The Morgan fingerprint density at radius 3 is 2.44 bits per heavy atom. The van der Waals surface area contributed by atoms with E-state index >= 15 is 0 Å². The number of benzene rings is 1. The van der Waals surface area contributed by atoms with Crippen LogP contribution in [0, 0.1) is 0 Å². The first-order valence-electron chi connectivity index (χ1n) is 10.00. The van der Waals surface area contributed by atoms with Crippen molar-refractivity contribution in [1.29, 1.82) is 0 Å². The van der Waals surface area contributed by atoms with Gasteiger partial charge in [-0.1, -0.05) is 75.6 Å². The maximum Gasteiger partial charge on any atom is 0.330 e. The Labute approximate surface area is 163 Å². The van der Waals surface area contributed by atoms with Crippen LogP contribution in [0.2, 0.25) is 0 Å². The molecule has 0 aliphatic carbocycles. The Morgan fingerprint density at radius 2 is 1.74 bits per heavy atom. The second kappa shape index (κ2) is 14.8. The van der Waals surface area contributed by atoms with Crippen molar-refractivity contribution >= 4 is 11.9 Å². The van der Waals surface area contributed by atoms with E-state index in [0.717, 1.165) is 49.7 Å². The van der Waals surface area contributed by atoms with Crippen LogP contribution in [0.3, 0.4) is 0 Å². The summed E-state index contributed by atoms with van der Waals surface area (Å²) in [6, 6.07) is 9.82. The van der Waals surface area contributed by atoms with Crippen molar-refractivity contribution in [3.8, 4) is 0 Å². The Kier molecular flexibility index (Phi) is 12.4. The van der Waals surface area contributed by atoms with Gasteiger partial charge in [-0.15, -0.1) is 0 Å². The standard InChI is InChI=1S/C23H33NO3/c1-3-5-7-9-12-20(15-16-23(26)27-17-6-4-2)18-22(25)24-19-21-13-10-8-11-14-21/h8,10-16H,3-7,9,17-19H2,1-2H3,(H,24,25)/b16-15+,20-12-. The molecule has 4 heteroatoms. The second-order valence-electron chi connectivity index (χ2n) is 6.57. The lowest BCUT2D eigenvalue weighted by molar-refractivity contribution is -0.137. The first-order valence-corrected chi connectivity index (χ1v) is 10.00. The van der Waals surface area contributed by atoms with E-state index in [1.165, 1.54) is 6.08 Å². The minimum Gasteiger partial charge on any atom is -0.463 e. The molecule has 0 atom stereocenters. The maximum atomic E-state index is 12.3. The van der Waals surface area contributed by atoms with Gasteiger partial charge in [0.05, 0.1) is 13.0 Å². The van der Waals surface area contributed by atoms with Crippen LogP contribution in [0.5, 0.6) is 0 Å². The molecule has 0 radical (unpaired) electrons. The predicted molar refractivity (Wildman–Crippen MR) is 110 cm³/mol. The predicted octanol–water partition coefficient (Wildman–Crippen LogP) is 5.10. The molecule has 0 bridgehead atoms. The SMILES string of the molecule is CCCCC/C=C(/C=C/C(=O)OCCCC)CC(=O)NCc1ccccc1. The number of carbonyl (C=O) groups is 2. The van der Waals surface area contributed by atoms with Crippen LogP contribution in [0.25, 0.3) is 0 Å². The number of carbonyl (C=O) groups excluding carboxylic acids is 2. The largest absolute Gasteiger partial charge is 0.463 e. The van der Waals surface area contributed by atoms with Gasteiger partial charge in [0.15, 0.2) is 0 Å². The van der Waals surface area contributed by atoms with E-state index in [1.807, 2.05) is 36.4 Å². The Hall–Kier alpha value is -2.36. The third kappa shape index (κ3) is 11.8. The molecule has 0 aromatic heterocycles. The minimum absolute atomic E-state index is 0.0513. The Balaban J connectivity index is 2.56. The molecule has 4 nitrogen and oxygen atoms in total. The lowest BCUT2D eigenvalue weighted by Gasteiger charge is -2.07. The molecule has 0 spiro atoms. The van der Waals surface area contributed by atoms with Crippen molar-refractivity contribution < 1.29 is 14.3 Å². The van der Waals surface area contributed by atoms with Gasteiger partial charge in [-0.25, -0.2) is 4.79 Å². The lowest BCUT2D eigenvalue weighted by atomic mass is 10.1. The molecule has 0 saturated carbocycles. The summed E-state index contributed by atoms with van der Waals surface area (Å²) in [6.07, 6.45) is 11.6. The maximum absolute atomic E-state index is 12.3. The average Bonchev–Trinajstić information content (AvgIpc) is 2.68. The number of amides is 1. The molecule has 1 amide bonds. The van der Waals surface area contributed by atoms with Gasteiger partial charge in [0.2, 0.25) is 5.91 Å². The van der Waals surface area contributed by atoms with Crippen LogP contribution < -0.4 is 5.32 Å². The summed E-state index contributed by atoms with van der Waals surface area (Å²) in [5, 5.41) is 2.93. The summed E-state index contributed by atoms with van der Waals surface area (Å²) in [6.45, 7) is 5.15. The Morgan fingerprint density at radius 1 is 1.00 bits per heavy atom. The summed E-state index contributed by atoms with van der Waals surface area (Å²) >= 11 is 0. The van der Waals surface area contributed by atoms with Crippen LogP contribution >= 0.6 is 0 Å². The highest BCUT2D eigenvalue weighted by atomic mass is 16.5. The van der Waals surface area contributed by atoms with Crippen LogP contribution in [0.15, 0.2) is 54.1 Å². The fourth-order valence-electron chi connectivity index (χ4n) is 2.47. The van der Waals surface area contributed by atoms with Crippen molar-refractivity contribution in [2.75, 3.05) is 6.61 Å². The zero-order valence-corrected chi connectivity index (χ0v) is 16.7. The fourth-order valence-corrected chi connectivity index (χ4v) is 2.47. The first kappa shape index (κ1) is 22.7. The normalized spacial score (nSPS) is 11.6. The number of allylic oxidation sites excluding steroid dienone is 2. The van der Waals surface area contributed by atoms with E-state index in [4.69, 9.17) is 4.74 Å². The van der Waals surface area contributed by atoms with Crippen molar-refractivity contribution in [2.45, 2.75) is 65.3 Å². The van der Waals surface area contributed by atoms with Gasteiger partial charge >= 0.3 is 5.97 Å². The molecule has 27 heavy (non-hydrogen) atoms. The topological polar surface area (TPSA) is 55.4 Å². The summed E-state index contributed by atoms with van der Waals surface area (Å²) in [7, 11) is 0. The molecule has 0 unspecified atom stereocenters. The first-order chi connectivity index (χ1) is 13.2. The van der Waals surface area contributed by atoms with Crippen LogP contribution in [-0.2, 0) is 20.9 Å². The summed E-state index contributed by atoms with van der Waals surface area (Å²) in [4.78, 5) is 24.0. The van der Waals surface area contributed by atoms with Crippen LogP contribution in [0.4, 0.5) is 0 Å². The van der Waals surface area contributed by atoms with Gasteiger partial charge in [0.1, 0.15) is 0 Å². The molecule has 1 aromatic carbocycles. The molecule has 148 valence electrons. The van der Waals surface area contributed by atoms with E-state index in [-0.39, 0.29) is 18.3 Å². The van der Waals surface area contributed by atoms with E-state index < -0.39 is 0 Å². The molecule has 1 rings (SSSR count).